The van der Waals surface area contributed by atoms with Gasteiger partial charge in [-0.05, 0) is 37.1 Å². The zero-order valence-electron chi connectivity index (χ0n) is 19.6. The van der Waals surface area contributed by atoms with Crippen molar-refractivity contribution in [3.63, 3.8) is 0 Å². The molecule has 7 nitrogen and oxygen atoms in total. The average molecular weight is 570 g/mol. The number of halogens is 1. The molecule has 9 heteroatoms. The van der Waals surface area contributed by atoms with Crippen LogP contribution in [0.4, 0.5) is 0 Å². The maximum Gasteiger partial charge on any atom is 0.347 e. The number of nitrogens with zero attached hydrogens (tertiary/aromatic N) is 1. The molecule has 0 fully saturated rings. The number of rotatable bonds is 8. The maximum atomic E-state index is 13.8. The number of aryl methyl sites for hydroxylation is 1. The standard InChI is InChI=1S/C27H24BrNO6S/c1-18-12-14-20(15-13-18)36(33,34)29-17-22(21-10-6-7-11-23(21)29)25(30)27(32,26(31)35-2)24(28)16-19-8-4-3-5-9-19/h3-15,17,24,32H,16H2,1-2H3/t24-,27-/m0/s1. The number of para-hydroxylation sites is 1. The average Bonchev–Trinajstić information content (AvgIpc) is 3.28. The molecule has 4 aromatic rings. The van der Waals surface area contributed by atoms with E-state index in [1.807, 2.05) is 13.0 Å². The van der Waals surface area contributed by atoms with Gasteiger partial charge in [0.2, 0.25) is 11.4 Å². The molecule has 0 spiro atoms. The van der Waals surface area contributed by atoms with E-state index in [-0.39, 0.29) is 27.8 Å². The van der Waals surface area contributed by atoms with Crippen LogP contribution in [0.15, 0.2) is 90.0 Å². The summed E-state index contributed by atoms with van der Waals surface area (Å²) in [5, 5.41) is 11.8. The summed E-state index contributed by atoms with van der Waals surface area (Å²) in [6.07, 6.45) is 1.29. The topological polar surface area (TPSA) is 103 Å². The van der Waals surface area contributed by atoms with Crippen molar-refractivity contribution >= 4 is 48.6 Å². The lowest BCUT2D eigenvalue weighted by atomic mass is 9.86. The Morgan fingerprint density at radius 1 is 1.00 bits per heavy atom. The summed E-state index contributed by atoms with van der Waals surface area (Å²) < 4.78 is 32.8. The fraction of sp³-hybridized carbons (Fsp3) is 0.185. The number of alkyl halides is 1. The summed E-state index contributed by atoms with van der Waals surface area (Å²) in [6, 6.07) is 21.8. The van der Waals surface area contributed by atoms with Gasteiger partial charge in [-0.25, -0.2) is 17.2 Å². The molecule has 1 N–H and O–H groups in total. The molecule has 0 unspecified atom stereocenters. The van der Waals surface area contributed by atoms with Crippen LogP contribution in [0.3, 0.4) is 0 Å². The molecule has 186 valence electrons. The van der Waals surface area contributed by atoms with Crippen molar-refractivity contribution in [3.05, 3.63) is 102 Å². The van der Waals surface area contributed by atoms with Crippen molar-refractivity contribution in [2.24, 2.45) is 0 Å². The lowest BCUT2D eigenvalue weighted by Crippen LogP contribution is -2.55. The van der Waals surface area contributed by atoms with E-state index in [1.54, 1.807) is 60.7 Å². The third-order valence-electron chi connectivity index (χ3n) is 6.05. The number of carbonyl (C=O) groups excluding carboxylic acids is 2. The van der Waals surface area contributed by atoms with Gasteiger partial charge in [-0.2, -0.15) is 0 Å². The molecule has 0 saturated heterocycles. The van der Waals surface area contributed by atoms with Gasteiger partial charge in [0.05, 0.1) is 22.3 Å². The first-order chi connectivity index (χ1) is 17.1. The minimum Gasteiger partial charge on any atom is -0.466 e. The minimum atomic E-state index is -4.08. The van der Waals surface area contributed by atoms with Crippen molar-refractivity contribution in [1.82, 2.24) is 3.97 Å². The van der Waals surface area contributed by atoms with Crippen molar-refractivity contribution < 1.29 is 27.9 Å². The molecule has 0 aliphatic carbocycles. The van der Waals surface area contributed by atoms with Crippen molar-refractivity contribution in [2.75, 3.05) is 7.11 Å². The van der Waals surface area contributed by atoms with Crippen LogP contribution >= 0.6 is 15.9 Å². The number of aromatic nitrogens is 1. The van der Waals surface area contributed by atoms with Gasteiger partial charge in [-0.15, -0.1) is 0 Å². The van der Waals surface area contributed by atoms with E-state index in [4.69, 9.17) is 4.74 Å². The van der Waals surface area contributed by atoms with Crippen molar-refractivity contribution in [3.8, 4) is 0 Å². The lowest BCUT2D eigenvalue weighted by Gasteiger charge is -2.28. The minimum absolute atomic E-state index is 0.0403. The van der Waals surface area contributed by atoms with Gasteiger partial charge in [-0.3, -0.25) is 4.79 Å². The fourth-order valence-corrected chi connectivity index (χ4v) is 6.18. The number of benzene rings is 3. The number of carbonyl (C=O) groups is 2. The van der Waals surface area contributed by atoms with Gasteiger partial charge in [0.1, 0.15) is 0 Å². The second kappa shape index (κ2) is 10.0. The van der Waals surface area contributed by atoms with E-state index < -0.39 is 32.2 Å². The predicted octanol–water partition coefficient (Wildman–Crippen LogP) is 4.28. The van der Waals surface area contributed by atoms with Crippen molar-refractivity contribution in [2.45, 2.75) is 28.7 Å². The Morgan fingerprint density at radius 3 is 2.25 bits per heavy atom. The zero-order valence-corrected chi connectivity index (χ0v) is 22.0. The third kappa shape index (κ3) is 4.50. The molecular weight excluding hydrogens is 546 g/mol. The highest BCUT2D eigenvalue weighted by Gasteiger charge is 2.52. The van der Waals surface area contributed by atoms with Gasteiger partial charge >= 0.3 is 5.97 Å². The fourth-order valence-electron chi connectivity index (χ4n) is 4.05. The number of aliphatic hydroxyl groups is 1. The molecule has 1 heterocycles. The first kappa shape index (κ1) is 25.8. The number of methoxy groups -OCH3 is 1. The molecule has 2 atom stereocenters. The molecule has 0 aliphatic rings. The number of esters is 1. The van der Waals surface area contributed by atoms with E-state index >= 15 is 0 Å². The predicted molar refractivity (Wildman–Crippen MR) is 140 cm³/mol. The number of Topliss-reactive ketones (excluding diaryl/α,β-unsaturated/α-hetero) is 1. The normalized spacial score (nSPS) is 14.2. The number of ether oxygens (including phenoxy) is 1. The van der Waals surface area contributed by atoms with Crippen LogP contribution in [0.1, 0.15) is 21.5 Å². The van der Waals surface area contributed by atoms with Gasteiger partial charge in [0, 0.05) is 17.1 Å². The summed E-state index contributed by atoms with van der Waals surface area (Å²) in [5.74, 6) is -2.12. The smallest absolute Gasteiger partial charge is 0.347 e. The number of ketones is 1. The van der Waals surface area contributed by atoms with Crippen LogP contribution < -0.4 is 0 Å². The summed E-state index contributed by atoms with van der Waals surface area (Å²) in [5.41, 5.74) is -0.826. The van der Waals surface area contributed by atoms with E-state index in [1.165, 1.54) is 12.1 Å². The number of hydrogen-bond donors (Lipinski definition) is 1. The largest absolute Gasteiger partial charge is 0.466 e. The Kier molecular flexibility index (Phi) is 7.17. The highest BCUT2D eigenvalue weighted by atomic mass is 79.9. The van der Waals surface area contributed by atoms with E-state index in [0.717, 1.165) is 28.4 Å². The summed E-state index contributed by atoms with van der Waals surface area (Å²) in [7, 11) is -3.00. The second-order valence-electron chi connectivity index (χ2n) is 8.42. The van der Waals surface area contributed by atoms with Crippen LogP contribution in [0.25, 0.3) is 10.9 Å². The monoisotopic (exact) mass is 569 g/mol. The van der Waals surface area contributed by atoms with Gasteiger partial charge in [0.25, 0.3) is 10.0 Å². The van der Waals surface area contributed by atoms with Crippen LogP contribution in [0.2, 0.25) is 0 Å². The van der Waals surface area contributed by atoms with Crippen LogP contribution in [0, 0.1) is 6.92 Å². The maximum absolute atomic E-state index is 13.8. The van der Waals surface area contributed by atoms with Crippen LogP contribution in [-0.4, -0.2) is 46.8 Å². The molecule has 36 heavy (non-hydrogen) atoms. The first-order valence-electron chi connectivity index (χ1n) is 11.1. The van der Waals surface area contributed by atoms with Crippen molar-refractivity contribution in [1.29, 1.82) is 0 Å². The first-order valence-corrected chi connectivity index (χ1v) is 13.4. The Labute approximate surface area is 217 Å². The molecule has 0 radical (unpaired) electrons. The molecule has 0 bridgehead atoms. The lowest BCUT2D eigenvalue weighted by molar-refractivity contribution is -0.156. The zero-order chi connectivity index (χ0) is 26.1. The number of fused-ring (bicyclic) bond motifs is 1. The van der Waals surface area contributed by atoms with Gasteiger partial charge < -0.3 is 9.84 Å². The third-order valence-corrected chi connectivity index (χ3v) is 8.73. The van der Waals surface area contributed by atoms with Gasteiger partial charge in [0.15, 0.2) is 0 Å². The Balaban J connectivity index is 1.85. The van der Waals surface area contributed by atoms with Crippen LogP contribution in [0.5, 0.6) is 0 Å². The number of hydrogen-bond acceptors (Lipinski definition) is 6. The van der Waals surface area contributed by atoms with E-state index in [9.17, 15) is 23.1 Å². The molecular formula is C27H24BrNO6S. The van der Waals surface area contributed by atoms with E-state index in [2.05, 4.69) is 15.9 Å². The molecule has 3 aromatic carbocycles. The highest BCUT2D eigenvalue weighted by molar-refractivity contribution is 9.09. The molecule has 4 rings (SSSR count). The van der Waals surface area contributed by atoms with E-state index in [0.29, 0.717) is 0 Å². The molecule has 0 aliphatic heterocycles. The summed E-state index contributed by atoms with van der Waals surface area (Å²) in [4.78, 5) is 25.7. The summed E-state index contributed by atoms with van der Waals surface area (Å²) >= 11 is 3.33. The second-order valence-corrected chi connectivity index (χ2v) is 11.3. The highest BCUT2D eigenvalue weighted by Crippen LogP contribution is 2.33. The SMILES string of the molecule is COC(=O)[C@@](O)(C(=O)c1cn(S(=O)(=O)c2ccc(C)cc2)c2ccccc12)[C@@H](Br)Cc1ccccc1. The molecule has 0 saturated carbocycles. The molecule has 1 aromatic heterocycles. The summed E-state index contributed by atoms with van der Waals surface area (Å²) in [6.45, 7) is 1.85. The van der Waals surface area contributed by atoms with Gasteiger partial charge in [-0.1, -0.05) is 82.2 Å². The Bertz CT molecular complexity index is 1530. The van der Waals surface area contributed by atoms with Crippen LogP contribution in [-0.2, 0) is 26.0 Å². The quantitative estimate of drug-likeness (QED) is 0.147. The Hall–Kier alpha value is -3.27. The molecule has 0 amide bonds. The Morgan fingerprint density at radius 2 is 1.61 bits per heavy atom.